The van der Waals surface area contributed by atoms with E-state index in [0.29, 0.717) is 38.2 Å². The van der Waals surface area contributed by atoms with Crippen LogP contribution >= 0.6 is 0 Å². The Kier molecular flexibility index (Phi) is 6.62. The molecule has 0 bridgehead atoms. The van der Waals surface area contributed by atoms with Crippen molar-refractivity contribution < 1.29 is 22.3 Å². The van der Waals surface area contributed by atoms with Crippen molar-refractivity contribution in [3.05, 3.63) is 74.2 Å². The number of alkyl halides is 3. The molecule has 1 N–H and O–H groups in total. The second kappa shape index (κ2) is 9.80. The zero-order valence-electron chi connectivity index (χ0n) is 21.2. The predicted molar refractivity (Wildman–Crippen MR) is 133 cm³/mol. The summed E-state index contributed by atoms with van der Waals surface area (Å²) in [5, 5.41) is 13.3. The van der Waals surface area contributed by atoms with E-state index in [2.05, 4.69) is 20.5 Å². The number of benzene rings is 1. The summed E-state index contributed by atoms with van der Waals surface area (Å²) in [6.07, 6.45) is -2.13. The molecule has 1 aliphatic heterocycles. The number of morpholine rings is 1. The highest BCUT2D eigenvalue weighted by atomic mass is 19.4. The molecule has 206 valence electrons. The zero-order valence-corrected chi connectivity index (χ0v) is 21.2. The number of nitrogens with one attached hydrogen (secondary N) is 1. The maximum Gasteiger partial charge on any atom is 0.419 e. The van der Waals surface area contributed by atoms with E-state index < -0.39 is 34.7 Å². The van der Waals surface area contributed by atoms with Gasteiger partial charge in [-0.1, -0.05) is 12.1 Å². The number of hydrogen-bond acceptors (Lipinski definition) is 8. The molecule has 0 unspecified atom stereocenters. The minimum atomic E-state index is -4.87. The summed E-state index contributed by atoms with van der Waals surface area (Å²) in [5.41, 5.74) is -2.87. The van der Waals surface area contributed by atoms with Crippen molar-refractivity contribution in [2.24, 2.45) is 7.05 Å². The molecule has 1 saturated heterocycles. The molecule has 15 heteroatoms. The lowest BCUT2D eigenvalue weighted by atomic mass is 10.0. The van der Waals surface area contributed by atoms with E-state index >= 15 is 0 Å². The standard InChI is InChI=1S/C24H24F4N8O3/c1-13(15-5-4-6-17(19(15)25)24(26,27)28)30-21-16-11-36(34-7-9-39-10-8-34)23(38)20(35-12-29-14(2)31-35)18(16)22(37)33(3)32-21/h4-6,11-13H,7-10H2,1-3H3,(H,30,32)/t13-/m1/s1. The molecular formula is C24H24F4N8O3. The molecule has 5 rings (SSSR count). The monoisotopic (exact) mass is 548 g/mol. The Morgan fingerprint density at radius 2 is 1.82 bits per heavy atom. The van der Waals surface area contributed by atoms with Gasteiger partial charge in [0, 0.05) is 18.8 Å². The number of anilines is 1. The first-order valence-electron chi connectivity index (χ1n) is 12.0. The number of fused-ring (bicyclic) bond motifs is 1. The van der Waals surface area contributed by atoms with Gasteiger partial charge in [-0.2, -0.15) is 23.4 Å². The number of pyridine rings is 1. The van der Waals surface area contributed by atoms with Crippen molar-refractivity contribution in [2.45, 2.75) is 26.1 Å². The topological polar surface area (TPSA) is 112 Å². The fourth-order valence-electron chi connectivity index (χ4n) is 4.53. The molecule has 4 aromatic rings. The Hall–Kier alpha value is -4.27. The van der Waals surface area contributed by atoms with Crippen LogP contribution in [0.5, 0.6) is 0 Å². The average molecular weight is 549 g/mol. The van der Waals surface area contributed by atoms with Crippen LogP contribution in [0, 0.1) is 12.7 Å². The van der Waals surface area contributed by atoms with Gasteiger partial charge in [-0.05, 0) is 19.9 Å². The van der Waals surface area contributed by atoms with Crippen LogP contribution in [0.1, 0.15) is 29.9 Å². The molecule has 11 nitrogen and oxygen atoms in total. The molecule has 0 amide bonds. The van der Waals surface area contributed by atoms with Gasteiger partial charge in [0.05, 0.1) is 48.7 Å². The molecule has 0 spiro atoms. The Morgan fingerprint density at radius 1 is 1.10 bits per heavy atom. The third kappa shape index (κ3) is 4.73. The van der Waals surface area contributed by atoms with E-state index in [9.17, 15) is 27.2 Å². The fourth-order valence-corrected chi connectivity index (χ4v) is 4.53. The minimum Gasteiger partial charge on any atom is -0.378 e. The predicted octanol–water partition coefficient (Wildman–Crippen LogP) is 2.28. The summed E-state index contributed by atoms with van der Waals surface area (Å²) in [6.45, 7) is 4.60. The lowest BCUT2D eigenvalue weighted by Gasteiger charge is -2.31. The molecule has 3 aromatic heterocycles. The van der Waals surface area contributed by atoms with Crippen LogP contribution in [0.3, 0.4) is 0 Å². The van der Waals surface area contributed by atoms with Gasteiger partial charge in [0.1, 0.15) is 23.7 Å². The third-order valence-corrected chi connectivity index (χ3v) is 6.46. The highest BCUT2D eigenvalue weighted by Crippen LogP contribution is 2.35. The van der Waals surface area contributed by atoms with Crippen molar-refractivity contribution in [1.82, 2.24) is 29.2 Å². The number of halogens is 4. The van der Waals surface area contributed by atoms with Crippen LogP contribution < -0.4 is 21.4 Å². The number of hydrogen-bond donors (Lipinski definition) is 1. The van der Waals surface area contributed by atoms with Crippen molar-refractivity contribution in [1.29, 1.82) is 0 Å². The molecule has 1 aromatic carbocycles. The van der Waals surface area contributed by atoms with E-state index in [0.717, 1.165) is 10.7 Å². The van der Waals surface area contributed by atoms with E-state index in [1.165, 1.54) is 41.9 Å². The molecule has 1 atom stereocenters. The lowest BCUT2D eigenvalue weighted by molar-refractivity contribution is -0.140. The van der Waals surface area contributed by atoms with E-state index in [4.69, 9.17) is 4.74 Å². The Balaban J connectivity index is 1.73. The molecular weight excluding hydrogens is 524 g/mol. The summed E-state index contributed by atoms with van der Waals surface area (Å²) in [4.78, 5) is 31.1. The molecule has 4 heterocycles. The third-order valence-electron chi connectivity index (χ3n) is 6.46. The number of ether oxygens (including phenoxy) is 1. The largest absolute Gasteiger partial charge is 0.419 e. The van der Waals surface area contributed by atoms with Crippen LogP contribution in [0.4, 0.5) is 23.4 Å². The zero-order chi connectivity index (χ0) is 28.1. The van der Waals surface area contributed by atoms with Crippen molar-refractivity contribution in [2.75, 3.05) is 36.6 Å². The lowest BCUT2D eigenvalue weighted by Crippen LogP contribution is -2.49. The van der Waals surface area contributed by atoms with E-state index in [-0.39, 0.29) is 27.8 Å². The van der Waals surface area contributed by atoms with Crippen molar-refractivity contribution >= 4 is 16.6 Å². The van der Waals surface area contributed by atoms with Gasteiger partial charge in [-0.3, -0.25) is 9.59 Å². The molecule has 0 saturated carbocycles. The first-order chi connectivity index (χ1) is 18.5. The number of nitrogens with zero attached hydrogens (tertiary/aromatic N) is 7. The highest BCUT2D eigenvalue weighted by molar-refractivity contribution is 5.95. The molecule has 0 radical (unpaired) electrons. The quantitative estimate of drug-likeness (QED) is 0.378. The summed E-state index contributed by atoms with van der Waals surface area (Å²) >= 11 is 0. The van der Waals surface area contributed by atoms with Crippen LogP contribution in [0.15, 0.2) is 40.3 Å². The summed E-state index contributed by atoms with van der Waals surface area (Å²) in [5.74, 6) is -0.998. The Labute approximate surface area is 218 Å². The molecule has 1 aliphatic rings. The van der Waals surface area contributed by atoms with E-state index in [1.54, 1.807) is 11.9 Å². The normalized spacial score (nSPS) is 15.1. The second-order valence-corrected chi connectivity index (χ2v) is 9.07. The first-order valence-corrected chi connectivity index (χ1v) is 12.0. The SMILES string of the molecule is Cc1ncn(-c2c(=O)n(N3CCOCC3)cc3c(N[C@H](C)c4cccc(C(F)(F)F)c4F)nn(C)c(=O)c23)n1. The number of rotatable bonds is 5. The fraction of sp³-hybridized carbons (Fsp3) is 0.375. The Morgan fingerprint density at radius 3 is 2.46 bits per heavy atom. The summed E-state index contributed by atoms with van der Waals surface area (Å²) in [7, 11) is 1.37. The maximum absolute atomic E-state index is 14.9. The van der Waals surface area contributed by atoms with Crippen LogP contribution in [0.2, 0.25) is 0 Å². The van der Waals surface area contributed by atoms with Gasteiger partial charge >= 0.3 is 6.18 Å². The van der Waals surface area contributed by atoms with Crippen LogP contribution in [-0.4, -0.2) is 55.5 Å². The molecule has 39 heavy (non-hydrogen) atoms. The first kappa shape index (κ1) is 26.3. The van der Waals surface area contributed by atoms with Crippen molar-refractivity contribution in [3.63, 3.8) is 0 Å². The van der Waals surface area contributed by atoms with Crippen LogP contribution in [-0.2, 0) is 18.0 Å². The smallest absolute Gasteiger partial charge is 0.378 e. The summed E-state index contributed by atoms with van der Waals surface area (Å²) < 4.78 is 63.8. The average Bonchev–Trinajstić information content (AvgIpc) is 3.32. The number of aryl methyl sites for hydroxylation is 2. The minimum absolute atomic E-state index is 0.0360. The second-order valence-electron chi connectivity index (χ2n) is 9.07. The molecule has 0 aliphatic carbocycles. The summed E-state index contributed by atoms with van der Waals surface area (Å²) in [6, 6.07) is 2.02. The van der Waals surface area contributed by atoms with Crippen molar-refractivity contribution in [3.8, 4) is 5.69 Å². The maximum atomic E-state index is 14.9. The van der Waals surface area contributed by atoms with Crippen LogP contribution in [0.25, 0.3) is 16.5 Å². The number of aromatic nitrogens is 6. The van der Waals surface area contributed by atoms with E-state index in [1.807, 2.05) is 0 Å². The van der Waals surface area contributed by atoms with Gasteiger partial charge in [0.2, 0.25) is 0 Å². The highest BCUT2D eigenvalue weighted by Gasteiger charge is 2.35. The van der Waals surface area contributed by atoms with Gasteiger partial charge in [0.15, 0.2) is 5.82 Å². The van der Waals surface area contributed by atoms with Gasteiger partial charge in [-0.25, -0.2) is 23.4 Å². The Bertz CT molecular complexity index is 1670. The van der Waals surface area contributed by atoms with Gasteiger partial charge in [0.25, 0.3) is 11.1 Å². The van der Waals surface area contributed by atoms with Gasteiger partial charge in [-0.15, -0.1) is 0 Å². The molecule has 1 fully saturated rings. The van der Waals surface area contributed by atoms with Gasteiger partial charge < -0.3 is 15.1 Å².